The topological polar surface area (TPSA) is 208 Å². The number of amides is 3. The Bertz CT molecular complexity index is 889. The molecule has 0 radical (unpaired) electrons. The monoisotopic (exact) mass is 480 g/mol. The number of phenolic OH excluding ortho intramolecular Hbond substituents is 1. The molecule has 0 bridgehead atoms. The van der Waals surface area contributed by atoms with Gasteiger partial charge in [0.25, 0.3) is 0 Å². The maximum Gasteiger partial charge on any atom is 0.326 e. The van der Waals surface area contributed by atoms with Crippen LogP contribution in [0.4, 0.5) is 0 Å². The van der Waals surface area contributed by atoms with Gasteiger partial charge in [0.2, 0.25) is 17.7 Å². The zero-order valence-corrected chi connectivity index (χ0v) is 19.3. The summed E-state index contributed by atoms with van der Waals surface area (Å²) in [5.74, 6) is -5.41. The lowest BCUT2D eigenvalue weighted by atomic mass is 9.99. The van der Waals surface area contributed by atoms with Gasteiger partial charge < -0.3 is 37.0 Å². The van der Waals surface area contributed by atoms with Crippen LogP contribution in [0, 0.1) is 5.92 Å². The number of aliphatic carboxylic acids is 2. The zero-order chi connectivity index (χ0) is 26.0. The van der Waals surface area contributed by atoms with Crippen LogP contribution in [0.15, 0.2) is 24.3 Å². The third-order valence-corrected chi connectivity index (χ3v) is 5.27. The van der Waals surface area contributed by atoms with E-state index in [1.165, 1.54) is 19.1 Å². The molecule has 0 saturated carbocycles. The molecule has 0 heterocycles. The molecular formula is C22H32N4O8. The molecule has 188 valence electrons. The molecular weight excluding hydrogens is 448 g/mol. The highest BCUT2D eigenvalue weighted by atomic mass is 16.4. The Morgan fingerprint density at radius 2 is 1.50 bits per heavy atom. The molecule has 0 saturated heterocycles. The molecule has 8 N–H and O–H groups in total. The summed E-state index contributed by atoms with van der Waals surface area (Å²) in [4.78, 5) is 60.1. The van der Waals surface area contributed by atoms with Gasteiger partial charge in [-0.3, -0.25) is 19.2 Å². The summed E-state index contributed by atoms with van der Waals surface area (Å²) < 4.78 is 0. The van der Waals surface area contributed by atoms with Crippen LogP contribution < -0.4 is 21.7 Å². The average molecular weight is 481 g/mol. The van der Waals surface area contributed by atoms with Crippen molar-refractivity contribution in [2.75, 3.05) is 0 Å². The van der Waals surface area contributed by atoms with Gasteiger partial charge >= 0.3 is 11.9 Å². The van der Waals surface area contributed by atoms with Crippen molar-refractivity contribution in [3.05, 3.63) is 29.8 Å². The van der Waals surface area contributed by atoms with Gasteiger partial charge in [-0.25, -0.2) is 4.79 Å². The summed E-state index contributed by atoms with van der Waals surface area (Å²) in [6.45, 7) is 4.73. The van der Waals surface area contributed by atoms with Crippen molar-refractivity contribution >= 4 is 29.7 Å². The number of carboxylic acid groups (broad SMARTS) is 2. The Balaban J connectivity index is 2.80. The molecule has 1 rings (SSSR count). The van der Waals surface area contributed by atoms with Crippen LogP contribution in [0.25, 0.3) is 0 Å². The first kappa shape index (κ1) is 28.4. The summed E-state index contributed by atoms with van der Waals surface area (Å²) in [6, 6.07) is 0.979. The van der Waals surface area contributed by atoms with E-state index in [0.29, 0.717) is 12.0 Å². The van der Waals surface area contributed by atoms with Gasteiger partial charge in [-0.15, -0.1) is 0 Å². The highest BCUT2D eigenvalue weighted by Crippen LogP contribution is 2.11. The SMILES string of the molecule is CCC(C)C(NC(=O)C(C)NC(=O)C(CC(=O)O)NC(=O)C(N)Cc1ccc(O)cc1)C(=O)O. The Labute approximate surface area is 196 Å². The van der Waals surface area contributed by atoms with Crippen molar-refractivity contribution < 1.29 is 39.3 Å². The predicted molar refractivity (Wildman–Crippen MR) is 121 cm³/mol. The third-order valence-electron chi connectivity index (χ3n) is 5.27. The second-order valence-corrected chi connectivity index (χ2v) is 8.08. The largest absolute Gasteiger partial charge is 0.508 e. The van der Waals surface area contributed by atoms with Gasteiger partial charge in [0.1, 0.15) is 23.9 Å². The van der Waals surface area contributed by atoms with E-state index < -0.39 is 60.2 Å². The van der Waals surface area contributed by atoms with Crippen molar-refractivity contribution in [3.8, 4) is 5.75 Å². The number of carbonyl (C=O) groups excluding carboxylic acids is 3. The number of benzene rings is 1. The van der Waals surface area contributed by atoms with Crippen LogP contribution >= 0.6 is 0 Å². The smallest absolute Gasteiger partial charge is 0.326 e. The summed E-state index contributed by atoms with van der Waals surface area (Å²) in [6.07, 6.45) is -0.198. The zero-order valence-electron chi connectivity index (χ0n) is 19.3. The maximum absolute atomic E-state index is 12.6. The Morgan fingerprint density at radius 3 is 2.00 bits per heavy atom. The fraction of sp³-hybridized carbons (Fsp3) is 0.500. The molecule has 12 nitrogen and oxygen atoms in total. The summed E-state index contributed by atoms with van der Waals surface area (Å²) >= 11 is 0. The van der Waals surface area contributed by atoms with E-state index in [9.17, 15) is 34.2 Å². The average Bonchev–Trinajstić information content (AvgIpc) is 2.76. The number of carboxylic acids is 2. The van der Waals surface area contributed by atoms with E-state index in [1.807, 2.05) is 0 Å². The number of aromatic hydroxyl groups is 1. The molecule has 34 heavy (non-hydrogen) atoms. The summed E-state index contributed by atoms with van der Waals surface area (Å²) in [7, 11) is 0. The van der Waals surface area contributed by atoms with Gasteiger partial charge in [-0.05, 0) is 37.0 Å². The summed E-state index contributed by atoms with van der Waals surface area (Å²) in [5, 5.41) is 34.7. The van der Waals surface area contributed by atoms with Crippen LogP contribution in [0.2, 0.25) is 0 Å². The highest BCUT2D eigenvalue weighted by molar-refractivity contribution is 5.95. The van der Waals surface area contributed by atoms with Gasteiger partial charge in [-0.2, -0.15) is 0 Å². The van der Waals surface area contributed by atoms with Gasteiger partial charge in [0, 0.05) is 0 Å². The van der Waals surface area contributed by atoms with E-state index in [4.69, 9.17) is 10.8 Å². The minimum atomic E-state index is -1.52. The molecule has 0 aliphatic heterocycles. The van der Waals surface area contributed by atoms with Gasteiger partial charge in [0.15, 0.2) is 0 Å². The van der Waals surface area contributed by atoms with E-state index in [1.54, 1.807) is 26.0 Å². The van der Waals surface area contributed by atoms with Crippen LogP contribution in [0.5, 0.6) is 5.75 Å². The molecule has 0 aliphatic carbocycles. The van der Waals surface area contributed by atoms with Crippen LogP contribution in [0.1, 0.15) is 39.2 Å². The highest BCUT2D eigenvalue weighted by Gasteiger charge is 2.31. The lowest BCUT2D eigenvalue weighted by molar-refractivity contribution is -0.144. The second-order valence-electron chi connectivity index (χ2n) is 8.08. The van der Waals surface area contributed by atoms with Crippen molar-refractivity contribution in [3.63, 3.8) is 0 Å². The summed E-state index contributed by atoms with van der Waals surface area (Å²) in [5.41, 5.74) is 6.51. The molecule has 1 aromatic carbocycles. The molecule has 0 fully saturated rings. The number of hydrogen-bond acceptors (Lipinski definition) is 7. The number of nitrogens with one attached hydrogen (secondary N) is 3. The molecule has 5 atom stereocenters. The normalized spacial score (nSPS) is 15.2. The maximum atomic E-state index is 12.6. The lowest BCUT2D eigenvalue weighted by Gasteiger charge is -2.24. The Hall–Kier alpha value is -3.67. The van der Waals surface area contributed by atoms with E-state index in [0.717, 1.165) is 0 Å². The van der Waals surface area contributed by atoms with E-state index in [2.05, 4.69) is 16.0 Å². The minimum Gasteiger partial charge on any atom is -0.508 e. The molecule has 12 heteroatoms. The number of phenols is 1. The fourth-order valence-electron chi connectivity index (χ4n) is 2.98. The van der Waals surface area contributed by atoms with Crippen molar-refractivity contribution in [2.24, 2.45) is 11.7 Å². The third kappa shape index (κ3) is 9.06. The van der Waals surface area contributed by atoms with Crippen molar-refractivity contribution in [2.45, 2.75) is 64.2 Å². The molecule has 0 aliphatic rings. The van der Waals surface area contributed by atoms with Crippen molar-refractivity contribution in [1.29, 1.82) is 0 Å². The lowest BCUT2D eigenvalue weighted by Crippen LogP contribution is -2.57. The van der Waals surface area contributed by atoms with Crippen molar-refractivity contribution in [1.82, 2.24) is 16.0 Å². The number of carbonyl (C=O) groups is 5. The van der Waals surface area contributed by atoms with Gasteiger partial charge in [0.05, 0.1) is 12.5 Å². The molecule has 3 amide bonds. The Morgan fingerprint density at radius 1 is 0.912 bits per heavy atom. The fourth-order valence-corrected chi connectivity index (χ4v) is 2.98. The van der Waals surface area contributed by atoms with E-state index in [-0.39, 0.29) is 18.1 Å². The molecule has 1 aromatic rings. The van der Waals surface area contributed by atoms with Gasteiger partial charge in [-0.1, -0.05) is 32.4 Å². The second kappa shape index (κ2) is 13.1. The number of nitrogens with two attached hydrogens (primary N) is 1. The van der Waals surface area contributed by atoms with Crippen LogP contribution in [-0.2, 0) is 30.4 Å². The number of hydrogen-bond donors (Lipinski definition) is 7. The Kier molecular flexibility index (Phi) is 11.0. The van der Waals surface area contributed by atoms with Crippen LogP contribution in [-0.4, -0.2) is 69.1 Å². The minimum absolute atomic E-state index is 0.0388. The first-order chi connectivity index (χ1) is 15.8. The number of rotatable bonds is 13. The molecule has 0 aromatic heterocycles. The quantitative estimate of drug-likeness (QED) is 0.191. The van der Waals surface area contributed by atoms with E-state index >= 15 is 0 Å². The first-order valence-corrected chi connectivity index (χ1v) is 10.7. The molecule has 5 unspecified atom stereocenters. The predicted octanol–water partition coefficient (Wildman–Crippen LogP) is -0.658. The molecule has 0 spiro atoms. The standard InChI is InChI=1S/C22H32N4O8/c1-4-11(2)18(22(33)34)26-19(30)12(3)24-21(32)16(10-17(28)29)25-20(31)15(23)9-13-5-7-14(27)8-6-13/h5-8,11-12,15-16,18,27H,4,9-10,23H2,1-3H3,(H,24,32)(H,25,31)(H,26,30)(H,28,29)(H,33,34). The first-order valence-electron chi connectivity index (χ1n) is 10.7. The van der Waals surface area contributed by atoms with Crippen LogP contribution in [0.3, 0.4) is 0 Å².